The van der Waals surface area contributed by atoms with Gasteiger partial charge in [-0.25, -0.2) is 0 Å². The number of carbonyl (C=O) groups excluding carboxylic acids is 1. The number of hydrogen-bond donors (Lipinski definition) is 0. The van der Waals surface area contributed by atoms with E-state index < -0.39 is 0 Å². The molecule has 84 valence electrons. The number of azide groups is 1. The van der Waals surface area contributed by atoms with Gasteiger partial charge in [0, 0.05) is 10.8 Å². The Morgan fingerprint density at radius 3 is 2.07 bits per heavy atom. The van der Waals surface area contributed by atoms with E-state index in [0.717, 1.165) is 6.42 Å². The van der Waals surface area contributed by atoms with Crippen LogP contribution in [0.4, 0.5) is 0 Å². The minimum atomic E-state index is -0.282. The topological polar surface area (TPSA) is 65.8 Å². The molecule has 0 aromatic heterocycles. The summed E-state index contributed by atoms with van der Waals surface area (Å²) in [6.45, 7) is 8.51. The number of amides is 1. The van der Waals surface area contributed by atoms with Gasteiger partial charge >= 0.3 is 0 Å². The molecule has 1 rings (SSSR count). The Balaban J connectivity index is 2.91. The molecule has 4 unspecified atom stereocenters. The summed E-state index contributed by atoms with van der Waals surface area (Å²) in [6.07, 6.45) is 1.16. The molecule has 15 heavy (non-hydrogen) atoms. The van der Waals surface area contributed by atoms with E-state index >= 15 is 0 Å². The van der Waals surface area contributed by atoms with Gasteiger partial charge in [-0.3, -0.25) is 4.79 Å². The molecule has 0 spiro atoms. The van der Waals surface area contributed by atoms with Crippen molar-refractivity contribution in [2.45, 2.75) is 34.1 Å². The lowest BCUT2D eigenvalue weighted by molar-refractivity contribution is -0.128. The van der Waals surface area contributed by atoms with Crippen molar-refractivity contribution in [2.75, 3.05) is 0 Å². The Kier molecular flexibility index (Phi) is 3.75. The summed E-state index contributed by atoms with van der Waals surface area (Å²) in [5.41, 5.74) is 8.31. The van der Waals surface area contributed by atoms with E-state index in [9.17, 15) is 4.79 Å². The van der Waals surface area contributed by atoms with Crippen molar-refractivity contribution in [2.24, 2.45) is 34.7 Å². The number of nitrogens with zero attached hydrogens (tertiary/aromatic N) is 3. The van der Waals surface area contributed by atoms with Crippen LogP contribution in [0, 0.1) is 29.6 Å². The van der Waals surface area contributed by atoms with Gasteiger partial charge < -0.3 is 0 Å². The van der Waals surface area contributed by atoms with Gasteiger partial charge in [0.1, 0.15) is 0 Å². The molecule has 4 atom stereocenters. The summed E-state index contributed by atoms with van der Waals surface area (Å²) in [5, 5.41) is 3.26. The van der Waals surface area contributed by atoms with Gasteiger partial charge in [-0.2, -0.15) is 0 Å². The maximum atomic E-state index is 11.7. The molecule has 0 bridgehead atoms. The first-order chi connectivity index (χ1) is 6.99. The van der Waals surface area contributed by atoms with Crippen LogP contribution in [0.1, 0.15) is 34.1 Å². The van der Waals surface area contributed by atoms with Gasteiger partial charge in [-0.05, 0) is 40.7 Å². The van der Waals surface area contributed by atoms with Crippen LogP contribution in [0.15, 0.2) is 5.11 Å². The van der Waals surface area contributed by atoms with Crippen LogP contribution >= 0.6 is 0 Å². The molecule has 1 aliphatic carbocycles. The van der Waals surface area contributed by atoms with Crippen molar-refractivity contribution in [3.8, 4) is 0 Å². The van der Waals surface area contributed by atoms with E-state index in [1.807, 2.05) is 0 Å². The first-order valence-electron chi connectivity index (χ1n) is 5.58. The van der Waals surface area contributed by atoms with Crippen molar-refractivity contribution in [1.29, 1.82) is 0 Å². The van der Waals surface area contributed by atoms with E-state index in [4.69, 9.17) is 5.53 Å². The van der Waals surface area contributed by atoms with Gasteiger partial charge in [0.25, 0.3) is 0 Å². The van der Waals surface area contributed by atoms with E-state index in [-0.39, 0.29) is 11.8 Å². The molecule has 1 amide bonds. The van der Waals surface area contributed by atoms with Crippen molar-refractivity contribution in [3.05, 3.63) is 10.4 Å². The highest BCUT2D eigenvalue weighted by Gasteiger charge is 2.40. The quantitative estimate of drug-likeness (QED) is 0.371. The zero-order chi connectivity index (χ0) is 11.6. The molecule has 0 aliphatic heterocycles. The fraction of sp³-hybridized carbons (Fsp3) is 0.909. The fourth-order valence-electron chi connectivity index (χ4n) is 2.76. The normalized spacial score (nSPS) is 40.7. The molecule has 0 aromatic carbocycles. The monoisotopic (exact) mass is 209 g/mol. The largest absolute Gasteiger partial charge is 0.292 e. The molecular weight excluding hydrogens is 190 g/mol. The smallest absolute Gasteiger partial charge is 0.222 e. The SMILES string of the molecule is CC1CC(C)C(C)C(C(=O)N=[N+]=[N-])C1C. The lowest BCUT2D eigenvalue weighted by Crippen LogP contribution is -2.39. The van der Waals surface area contributed by atoms with E-state index in [1.165, 1.54) is 0 Å². The molecule has 4 heteroatoms. The van der Waals surface area contributed by atoms with Gasteiger partial charge in [-0.1, -0.05) is 27.7 Å². The van der Waals surface area contributed by atoms with Crippen molar-refractivity contribution in [1.82, 2.24) is 0 Å². The standard InChI is InChI=1S/C11H19N3O/c1-6-5-7(2)9(4)10(8(6)3)11(15)13-14-12/h6-10H,5H2,1-4H3. The predicted molar refractivity (Wildman–Crippen MR) is 58.9 cm³/mol. The molecule has 4 nitrogen and oxygen atoms in total. The van der Waals surface area contributed by atoms with Gasteiger partial charge in [0.05, 0.1) is 0 Å². The third kappa shape index (κ3) is 2.32. The highest BCUT2D eigenvalue weighted by atomic mass is 16.1. The third-order valence-electron chi connectivity index (χ3n) is 4.10. The summed E-state index contributed by atoms with van der Waals surface area (Å²) in [5.74, 6) is 1.30. The molecule has 1 aliphatic rings. The molecule has 0 radical (unpaired) electrons. The first kappa shape index (κ1) is 12.1. The van der Waals surface area contributed by atoms with Crippen LogP contribution in [0.3, 0.4) is 0 Å². The van der Waals surface area contributed by atoms with Gasteiger partial charge in [0.15, 0.2) is 0 Å². The van der Waals surface area contributed by atoms with Crippen LogP contribution in [-0.4, -0.2) is 5.91 Å². The minimum Gasteiger partial charge on any atom is -0.292 e. The average Bonchev–Trinajstić information content (AvgIpc) is 2.16. The second kappa shape index (κ2) is 4.67. The lowest BCUT2D eigenvalue weighted by Gasteiger charge is -2.41. The Morgan fingerprint density at radius 1 is 1.20 bits per heavy atom. The van der Waals surface area contributed by atoms with Crippen molar-refractivity contribution >= 4 is 5.91 Å². The third-order valence-corrected chi connectivity index (χ3v) is 4.10. The van der Waals surface area contributed by atoms with Crippen molar-refractivity contribution in [3.63, 3.8) is 0 Å². The van der Waals surface area contributed by atoms with Crippen LogP contribution in [0.5, 0.6) is 0 Å². The Labute approximate surface area is 90.7 Å². The molecule has 0 aromatic rings. The Bertz CT molecular complexity index is 282. The zero-order valence-corrected chi connectivity index (χ0v) is 9.84. The molecule has 0 heterocycles. The summed E-state index contributed by atoms with van der Waals surface area (Å²) in [6, 6.07) is 0. The molecule has 1 saturated carbocycles. The van der Waals surface area contributed by atoms with Crippen LogP contribution in [0.25, 0.3) is 10.4 Å². The second-order valence-electron chi connectivity index (χ2n) is 4.96. The van der Waals surface area contributed by atoms with Crippen LogP contribution in [0.2, 0.25) is 0 Å². The van der Waals surface area contributed by atoms with Gasteiger partial charge in [-0.15, -0.1) is 0 Å². The summed E-state index contributed by atoms with van der Waals surface area (Å²) in [4.78, 5) is 14.3. The number of carbonyl (C=O) groups is 1. The Hall–Kier alpha value is -1.02. The molecule has 1 fully saturated rings. The number of rotatable bonds is 1. The van der Waals surface area contributed by atoms with Crippen LogP contribution in [-0.2, 0) is 4.79 Å². The van der Waals surface area contributed by atoms with Crippen molar-refractivity contribution < 1.29 is 4.79 Å². The average molecular weight is 209 g/mol. The minimum absolute atomic E-state index is 0.0975. The fourth-order valence-corrected chi connectivity index (χ4v) is 2.76. The number of hydrogen-bond acceptors (Lipinski definition) is 1. The lowest BCUT2D eigenvalue weighted by atomic mass is 9.64. The second-order valence-corrected chi connectivity index (χ2v) is 4.96. The van der Waals surface area contributed by atoms with E-state index in [1.54, 1.807) is 0 Å². The predicted octanol–water partition coefficient (Wildman–Crippen LogP) is 3.39. The first-order valence-corrected chi connectivity index (χ1v) is 5.58. The van der Waals surface area contributed by atoms with Gasteiger partial charge in [0.2, 0.25) is 5.91 Å². The van der Waals surface area contributed by atoms with Crippen LogP contribution < -0.4 is 0 Å². The highest BCUT2D eigenvalue weighted by Crippen LogP contribution is 2.42. The molecule has 0 N–H and O–H groups in total. The summed E-state index contributed by atoms with van der Waals surface area (Å²) in [7, 11) is 0. The maximum absolute atomic E-state index is 11.7. The molecular formula is C11H19N3O. The Morgan fingerprint density at radius 2 is 1.67 bits per heavy atom. The zero-order valence-electron chi connectivity index (χ0n) is 9.84. The maximum Gasteiger partial charge on any atom is 0.222 e. The molecule has 0 saturated heterocycles. The van der Waals surface area contributed by atoms with E-state index in [0.29, 0.717) is 23.7 Å². The summed E-state index contributed by atoms with van der Waals surface area (Å²) >= 11 is 0. The van der Waals surface area contributed by atoms with E-state index in [2.05, 4.69) is 37.7 Å². The summed E-state index contributed by atoms with van der Waals surface area (Å²) < 4.78 is 0. The highest BCUT2D eigenvalue weighted by molar-refractivity contribution is 5.80.